The number of cyclic esters (lactones) is 1. The molecule has 1 atom stereocenters. The molecular formula is C12H11F2NO2. The highest BCUT2D eigenvalue weighted by atomic mass is 19.2. The van der Waals surface area contributed by atoms with Gasteiger partial charge in [-0.1, -0.05) is 18.2 Å². The molecule has 0 aromatic heterocycles. The highest BCUT2D eigenvalue weighted by Gasteiger charge is 2.59. The van der Waals surface area contributed by atoms with Gasteiger partial charge in [0.05, 0.1) is 0 Å². The van der Waals surface area contributed by atoms with Crippen molar-refractivity contribution in [1.29, 1.82) is 0 Å². The van der Waals surface area contributed by atoms with Crippen molar-refractivity contribution >= 4 is 11.9 Å². The van der Waals surface area contributed by atoms with Crippen LogP contribution >= 0.6 is 0 Å². The second kappa shape index (κ2) is 3.61. The highest BCUT2D eigenvalue weighted by molar-refractivity contribution is 6.07. The Labute approximate surface area is 97.1 Å². The molecule has 0 amide bonds. The number of benzene rings is 1. The minimum Gasteiger partial charge on any atom is -0.403 e. The van der Waals surface area contributed by atoms with Gasteiger partial charge in [-0.15, -0.1) is 0 Å². The molecule has 0 bridgehead atoms. The Balaban J connectivity index is 2.42. The number of carbonyl (C=O) groups is 1. The number of hydrogen-bond donors (Lipinski definition) is 0. The zero-order valence-corrected chi connectivity index (χ0v) is 9.41. The number of esters is 1. The van der Waals surface area contributed by atoms with Gasteiger partial charge in [-0.05, 0) is 26.0 Å². The first-order chi connectivity index (χ1) is 7.84. The summed E-state index contributed by atoms with van der Waals surface area (Å²) < 4.78 is 32.4. The SMILES string of the molecule is CC(C)(F)C1(F)N=C(c2ccccc2)OC1=O. The van der Waals surface area contributed by atoms with Gasteiger partial charge in [0.15, 0.2) is 5.67 Å². The van der Waals surface area contributed by atoms with E-state index in [1.807, 2.05) is 0 Å². The van der Waals surface area contributed by atoms with Crippen molar-refractivity contribution < 1.29 is 18.3 Å². The molecule has 5 heteroatoms. The third-order valence-corrected chi connectivity index (χ3v) is 2.52. The number of rotatable bonds is 2. The number of halogens is 2. The Morgan fingerprint density at radius 2 is 1.88 bits per heavy atom. The lowest BCUT2D eigenvalue weighted by molar-refractivity contribution is -0.154. The Bertz CT molecular complexity index is 479. The molecule has 1 aliphatic rings. The Morgan fingerprint density at radius 3 is 2.35 bits per heavy atom. The number of hydrogen-bond acceptors (Lipinski definition) is 3. The second-order valence-electron chi connectivity index (χ2n) is 4.27. The van der Waals surface area contributed by atoms with Crippen LogP contribution in [0.2, 0.25) is 0 Å². The van der Waals surface area contributed by atoms with Crippen LogP contribution in [0, 0.1) is 0 Å². The van der Waals surface area contributed by atoms with Gasteiger partial charge < -0.3 is 4.74 Å². The summed E-state index contributed by atoms with van der Waals surface area (Å²) in [7, 11) is 0. The van der Waals surface area contributed by atoms with Crippen molar-refractivity contribution in [3.8, 4) is 0 Å². The van der Waals surface area contributed by atoms with E-state index < -0.39 is 17.4 Å². The summed E-state index contributed by atoms with van der Waals surface area (Å²) in [6.07, 6.45) is 0. The molecule has 2 rings (SSSR count). The molecule has 1 heterocycles. The van der Waals surface area contributed by atoms with Gasteiger partial charge in [0.25, 0.3) is 0 Å². The number of alkyl halides is 2. The van der Waals surface area contributed by atoms with E-state index in [1.54, 1.807) is 30.3 Å². The largest absolute Gasteiger partial charge is 0.403 e. The van der Waals surface area contributed by atoms with E-state index in [2.05, 4.69) is 9.73 Å². The zero-order chi connectivity index (χ0) is 12.7. The first-order valence-electron chi connectivity index (χ1n) is 5.10. The van der Waals surface area contributed by atoms with Crippen LogP contribution in [0.5, 0.6) is 0 Å². The summed E-state index contributed by atoms with van der Waals surface area (Å²) in [5, 5.41) is 0. The topological polar surface area (TPSA) is 38.7 Å². The van der Waals surface area contributed by atoms with E-state index in [1.165, 1.54) is 0 Å². The molecule has 1 aromatic carbocycles. The molecule has 1 aromatic rings. The van der Waals surface area contributed by atoms with Crippen molar-refractivity contribution in [2.45, 2.75) is 25.3 Å². The lowest BCUT2D eigenvalue weighted by atomic mass is 9.99. The highest BCUT2D eigenvalue weighted by Crippen LogP contribution is 2.37. The molecule has 1 unspecified atom stereocenters. The smallest absolute Gasteiger partial charge is 0.377 e. The second-order valence-corrected chi connectivity index (χ2v) is 4.27. The van der Waals surface area contributed by atoms with Gasteiger partial charge in [-0.25, -0.2) is 13.6 Å². The van der Waals surface area contributed by atoms with Gasteiger partial charge >= 0.3 is 11.8 Å². The fourth-order valence-corrected chi connectivity index (χ4v) is 1.44. The third kappa shape index (κ3) is 1.81. The van der Waals surface area contributed by atoms with Crippen molar-refractivity contribution in [2.75, 3.05) is 0 Å². The summed E-state index contributed by atoms with van der Waals surface area (Å²) >= 11 is 0. The van der Waals surface area contributed by atoms with Crippen LogP contribution in [0.15, 0.2) is 35.3 Å². The predicted octanol–water partition coefficient (Wildman–Crippen LogP) is 2.40. The number of carbonyl (C=O) groups excluding carboxylic acids is 1. The zero-order valence-electron chi connectivity index (χ0n) is 9.41. The lowest BCUT2D eigenvalue weighted by Gasteiger charge is -2.22. The molecule has 0 saturated heterocycles. The standard InChI is InChI=1S/C12H11F2NO2/c1-11(2,13)12(14)10(16)17-9(15-12)8-6-4-3-5-7-8/h3-7H,1-2H3. The first-order valence-corrected chi connectivity index (χ1v) is 5.10. The van der Waals surface area contributed by atoms with Crippen LogP contribution in [0.25, 0.3) is 0 Å². The first kappa shape index (κ1) is 11.7. The monoisotopic (exact) mass is 239 g/mol. The summed E-state index contributed by atoms with van der Waals surface area (Å²) in [5.41, 5.74) is -2.00. The Hall–Kier alpha value is -1.78. The van der Waals surface area contributed by atoms with Gasteiger partial charge in [-0.3, -0.25) is 0 Å². The molecular weight excluding hydrogens is 228 g/mol. The Kier molecular flexibility index (Phi) is 2.49. The quantitative estimate of drug-likeness (QED) is 0.587. The van der Waals surface area contributed by atoms with Gasteiger partial charge in [0.1, 0.15) is 0 Å². The van der Waals surface area contributed by atoms with Crippen LogP contribution < -0.4 is 0 Å². The maximum Gasteiger partial charge on any atom is 0.377 e. The maximum absolute atomic E-state index is 14.1. The van der Waals surface area contributed by atoms with E-state index in [4.69, 9.17) is 0 Å². The van der Waals surface area contributed by atoms with E-state index >= 15 is 0 Å². The van der Waals surface area contributed by atoms with Crippen molar-refractivity contribution in [1.82, 2.24) is 0 Å². The van der Waals surface area contributed by atoms with Crippen molar-refractivity contribution in [2.24, 2.45) is 4.99 Å². The maximum atomic E-state index is 14.1. The average Bonchev–Trinajstić information content (AvgIpc) is 2.57. The molecule has 0 fully saturated rings. The third-order valence-electron chi connectivity index (χ3n) is 2.52. The van der Waals surface area contributed by atoms with Crippen LogP contribution in [0.4, 0.5) is 8.78 Å². The summed E-state index contributed by atoms with van der Waals surface area (Å²) in [6, 6.07) is 8.32. The molecule has 0 saturated carbocycles. The molecule has 0 radical (unpaired) electrons. The van der Waals surface area contributed by atoms with Crippen molar-refractivity contribution in [3.05, 3.63) is 35.9 Å². The van der Waals surface area contributed by atoms with E-state index in [9.17, 15) is 13.6 Å². The summed E-state index contributed by atoms with van der Waals surface area (Å²) in [5.74, 6) is -4.48. The molecule has 0 spiro atoms. The minimum atomic E-state index is -2.97. The molecule has 0 N–H and O–H groups in total. The molecule has 0 aliphatic carbocycles. The molecule has 17 heavy (non-hydrogen) atoms. The summed E-state index contributed by atoms with van der Waals surface area (Å²) in [4.78, 5) is 14.8. The minimum absolute atomic E-state index is 0.191. The van der Waals surface area contributed by atoms with E-state index in [0.717, 1.165) is 13.8 Å². The normalized spacial score (nSPS) is 24.5. The van der Waals surface area contributed by atoms with Crippen LogP contribution in [-0.2, 0) is 9.53 Å². The lowest BCUT2D eigenvalue weighted by Crippen LogP contribution is -2.46. The number of ether oxygens (including phenoxy) is 1. The van der Waals surface area contributed by atoms with E-state index in [-0.39, 0.29) is 5.90 Å². The van der Waals surface area contributed by atoms with Crippen LogP contribution in [0.3, 0.4) is 0 Å². The fraction of sp³-hybridized carbons (Fsp3) is 0.333. The molecule has 3 nitrogen and oxygen atoms in total. The average molecular weight is 239 g/mol. The number of nitrogens with zero attached hydrogens (tertiary/aromatic N) is 1. The Morgan fingerprint density at radius 1 is 1.29 bits per heavy atom. The molecule has 1 aliphatic heterocycles. The van der Waals surface area contributed by atoms with Crippen LogP contribution in [-0.4, -0.2) is 23.3 Å². The van der Waals surface area contributed by atoms with Gasteiger partial charge in [0.2, 0.25) is 5.90 Å². The van der Waals surface area contributed by atoms with Crippen LogP contribution in [0.1, 0.15) is 19.4 Å². The van der Waals surface area contributed by atoms with Crippen molar-refractivity contribution in [3.63, 3.8) is 0 Å². The van der Waals surface area contributed by atoms with Gasteiger partial charge in [0, 0.05) is 5.56 Å². The van der Waals surface area contributed by atoms with E-state index in [0.29, 0.717) is 5.56 Å². The molecule has 90 valence electrons. The van der Waals surface area contributed by atoms with Gasteiger partial charge in [-0.2, -0.15) is 4.99 Å². The number of aliphatic imine (C=N–C) groups is 1. The summed E-state index contributed by atoms with van der Waals surface area (Å²) in [6.45, 7) is 1.90. The predicted molar refractivity (Wildman–Crippen MR) is 58.1 cm³/mol. The fourth-order valence-electron chi connectivity index (χ4n) is 1.44.